The van der Waals surface area contributed by atoms with Crippen molar-refractivity contribution in [2.45, 2.75) is 38.6 Å². The lowest BCUT2D eigenvalue weighted by Gasteiger charge is -2.33. The third kappa shape index (κ3) is 4.21. The summed E-state index contributed by atoms with van der Waals surface area (Å²) in [5, 5.41) is 3.26. The fourth-order valence-corrected chi connectivity index (χ4v) is 2.62. The second kappa shape index (κ2) is 7.25. The third-order valence-electron chi connectivity index (χ3n) is 3.76. The van der Waals surface area contributed by atoms with Crippen molar-refractivity contribution in [1.29, 1.82) is 0 Å². The Morgan fingerprint density at radius 2 is 2.15 bits per heavy atom. The number of likely N-dealkylation sites (tertiary alicyclic amines) is 1. The van der Waals surface area contributed by atoms with Crippen LogP contribution in [0.15, 0.2) is 6.07 Å². The van der Waals surface area contributed by atoms with E-state index in [1.165, 1.54) is 25.8 Å². The van der Waals surface area contributed by atoms with Crippen LogP contribution in [-0.4, -0.2) is 40.5 Å². The Bertz CT molecular complexity index is 423. The molecule has 1 saturated heterocycles. The van der Waals surface area contributed by atoms with E-state index in [1.54, 1.807) is 6.07 Å². The minimum Gasteiger partial charge on any atom is -0.370 e. The zero-order chi connectivity index (χ0) is 14.4. The van der Waals surface area contributed by atoms with Crippen LogP contribution in [-0.2, 0) is 0 Å². The van der Waals surface area contributed by atoms with Gasteiger partial charge in [0.15, 0.2) is 0 Å². The van der Waals surface area contributed by atoms with Gasteiger partial charge in [0.05, 0.1) is 0 Å². The first kappa shape index (κ1) is 14.8. The second-order valence-electron chi connectivity index (χ2n) is 5.30. The van der Waals surface area contributed by atoms with Gasteiger partial charge in [0.25, 0.3) is 0 Å². The number of rotatable bonds is 6. The maximum atomic E-state index is 5.61. The molecule has 0 amide bonds. The van der Waals surface area contributed by atoms with E-state index in [4.69, 9.17) is 11.6 Å². The monoisotopic (exact) mass is 279 g/mol. The van der Waals surface area contributed by atoms with E-state index in [-0.39, 0.29) is 5.95 Å². The van der Waals surface area contributed by atoms with Crippen LogP contribution in [0.1, 0.15) is 32.6 Å². The van der Waals surface area contributed by atoms with E-state index in [0.717, 1.165) is 19.5 Å². The molecule has 6 N–H and O–H groups in total. The lowest BCUT2D eigenvalue weighted by atomic mass is 10.0. The first-order chi connectivity index (χ1) is 9.69. The predicted octanol–water partition coefficient (Wildman–Crippen LogP) is 1.02. The van der Waals surface area contributed by atoms with Gasteiger partial charge in [-0.1, -0.05) is 6.42 Å². The van der Waals surface area contributed by atoms with Crippen molar-refractivity contribution >= 4 is 17.6 Å². The number of nitrogens with zero attached hydrogens (tertiary/aromatic N) is 3. The highest BCUT2D eigenvalue weighted by atomic mass is 15.3. The van der Waals surface area contributed by atoms with E-state index in [9.17, 15) is 0 Å². The highest BCUT2D eigenvalue weighted by Gasteiger charge is 2.16. The lowest BCUT2D eigenvalue weighted by Crippen LogP contribution is -2.38. The molecule has 1 fully saturated rings. The summed E-state index contributed by atoms with van der Waals surface area (Å²) in [6.45, 7) is 5.53. The molecule has 1 aliphatic rings. The summed E-state index contributed by atoms with van der Waals surface area (Å²) >= 11 is 0. The molecule has 0 spiro atoms. The number of aromatic nitrogens is 2. The molecule has 1 aromatic heterocycles. The van der Waals surface area contributed by atoms with Crippen LogP contribution < -0.4 is 22.3 Å². The molecule has 0 aliphatic carbocycles. The fourth-order valence-electron chi connectivity index (χ4n) is 2.62. The van der Waals surface area contributed by atoms with Crippen LogP contribution in [0.2, 0.25) is 0 Å². The minimum absolute atomic E-state index is 0.215. The largest absolute Gasteiger partial charge is 0.370 e. The molecule has 0 radical (unpaired) electrons. The van der Waals surface area contributed by atoms with Crippen molar-refractivity contribution in [3.05, 3.63) is 6.07 Å². The Kier molecular flexibility index (Phi) is 5.37. The van der Waals surface area contributed by atoms with E-state index >= 15 is 0 Å². The van der Waals surface area contributed by atoms with Crippen molar-refractivity contribution in [1.82, 2.24) is 14.9 Å². The first-order valence-electron chi connectivity index (χ1n) is 7.28. The lowest BCUT2D eigenvalue weighted by molar-refractivity contribution is 0.160. The summed E-state index contributed by atoms with van der Waals surface area (Å²) in [6.07, 6.45) is 5.10. The molecule has 20 heavy (non-hydrogen) atoms. The molecule has 7 nitrogen and oxygen atoms in total. The van der Waals surface area contributed by atoms with E-state index in [2.05, 4.69) is 32.5 Å². The molecule has 1 aliphatic heterocycles. The molecule has 0 saturated carbocycles. The molecule has 1 unspecified atom stereocenters. The molecule has 1 aromatic rings. The van der Waals surface area contributed by atoms with E-state index < -0.39 is 0 Å². The first-order valence-corrected chi connectivity index (χ1v) is 7.28. The number of anilines is 3. The summed E-state index contributed by atoms with van der Waals surface area (Å²) in [7, 11) is 0. The number of hydrogen-bond acceptors (Lipinski definition) is 7. The number of hydrazine groups is 1. The average molecular weight is 279 g/mol. The molecule has 112 valence electrons. The highest BCUT2D eigenvalue weighted by molar-refractivity contribution is 5.50. The number of nitrogen functional groups attached to an aromatic ring is 2. The van der Waals surface area contributed by atoms with Crippen molar-refractivity contribution < 1.29 is 0 Å². The van der Waals surface area contributed by atoms with E-state index in [1.807, 2.05) is 0 Å². The molecule has 7 heteroatoms. The van der Waals surface area contributed by atoms with Gasteiger partial charge in [-0.05, 0) is 32.7 Å². The number of hydrogen-bond donors (Lipinski definition) is 4. The standard InChI is InChI=1S/C13H25N7/c1-10-5-2-3-7-20(10)8-4-6-16-11-9-12(19-15)18-13(14)17-11/h9-10H,2-8,15H2,1H3,(H4,14,16,17,18,19). The Labute approximate surface area is 120 Å². The maximum absolute atomic E-state index is 5.61. The molecule has 1 atom stereocenters. The van der Waals surface area contributed by atoms with Crippen molar-refractivity contribution in [3.8, 4) is 0 Å². The second-order valence-corrected chi connectivity index (χ2v) is 5.30. The molecule has 2 heterocycles. The van der Waals surface area contributed by atoms with Gasteiger partial charge in [-0.3, -0.25) is 0 Å². The van der Waals surface area contributed by atoms with Crippen molar-refractivity contribution in [2.75, 3.05) is 36.1 Å². The molecule has 0 bridgehead atoms. The summed E-state index contributed by atoms with van der Waals surface area (Å²) < 4.78 is 0. The summed E-state index contributed by atoms with van der Waals surface area (Å²) in [5.41, 5.74) is 8.09. The Morgan fingerprint density at radius 1 is 1.35 bits per heavy atom. The van der Waals surface area contributed by atoms with Gasteiger partial charge in [-0.2, -0.15) is 9.97 Å². The molecule has 0 aromatic carbocycles. The van der Waals surface area contributed by atoms with Crippen LogP contribution in [0.5, 0.6) is 0 Å². The van der Waals surface area contributed by atoms with Gasteiger partial charge >= 0.3 is 0 Å². The van der Waals surface area contributed by atoms with Crippen LogP contribution in [0.4, 0.5) is 17.6 Å². The van der Waals surface area contributed by atoms with Crippen molar-refractivity contribution in [3.63, 3.8) is 0 Å². The van der Waals surface area contributed by atoms with E-state index in [0.29, 0.717) is 17.7 Å². The highest BCUT2D eigenvalue weighted by Crippen LogP contribution is 2.16. The number of nitrogens with two attached hydrogens (primary N) is 2. The molecular weight excluding hydrogens is 254 g/mol. The maximum Gasteiger partial charge on any atom is 0.223 e. The third-order valence-corrected chi connectivity index (χ3v) is 3.76. The molecular formula is C13H25N7. The van der Waals surface area contributed by atoms with Crippen LogP contribution >= 0.6 is 0 Å². The summed E-state index contributed by atoms with van der Waals surface area (Å²) in [4.78, 5) is 10.6. The molecule has 2 rings (SSSR count). The van der Waals surface area contributed by atoms with Gasteiger partial charge in [-0.15, -0.1) is 0 Å². The van der Waals surface area contributed by atoms with Gasteiger partial charge in [0.1, 0.15) is 11.6 Å². The normalized spacial score (nSPS) is 19.8. The SMILES string of the molecule is CC1CCCCN1CCCNc1cc(NN)nc(N)n1. The zero-order valence-electron chi connectivity index (χ0n) is 12.1. The van der Waals surface area contributed by atoms with Crippen LogP contribution in [0.25, 0.3) is 0 Å². The average Bonchev–Trinajstić information content (AvgIpc) is 2.44. The quantitative estimate of drug-likeness (QED) is 0.350. The topological polar surface area (TPSA) is 105 Å². The smallest absolute Gasteiger partial charge is 0.223 e. The van der Waals surface area contributed by atoms with Crippen molar-refractivity contribution in [2.24, 2.45) is 5.84 Å². The summed E-state index contributed by atoms with van der Waals surface area (Å²) in [6, 6.07) is 2.46. The fraction of sp³-hybridized carbons (Fsp3) is 0.692. The Balaban J connectivity index is 1.74. The van der Waals surface area contributed by atoms with Crippen LogP contribution in [0, 0.1) is 0 Å². The predicted molar refractivity (Wildman–Crippen MR) is 82.2 cm³/mol. The Morgan fingerprint density at radius 3 is 2.90 bits per heavy atom. The number of nitrogens with one attached hydrogen (secondary N) is 2. The van der Waals surface area contributed by atoms with Gasteiger partial charge in [-0.25, -0.2) is 5.84 Å². The van der Waals surface area contributed by atoms with Gasteiger partial charge in [0.2, 0.25) is 5.95 Å². The summed E-state index contributed by atoms with van der Waals surface area (Å²) in [5.74, 6) is 6.76. The van der Waals surface area contributed by atoms with Gasteiger partial charge < -0.3 is 21.4 Å². The minimum atomic E-state index is 0.215. The Hall–Kier alpha value is -1.60. The van der Waals surface area contributed by atoms with Gasteiger partial charge in [0, 0.05) is 25.2 Å². The zero-order valence-corrected chi connectivity index (χ0v) is 12.1. The number of piperidine rings is 1. The van der Waals surface area contributed by atoms with Crippen LogP contribution in [0.3, 0.4) is 0 Å².